The highest BCUT2D eigenvalue weighted by molar-refractivity contribution is 7.99. The van der Waals surface area contributed by atoms with E-state index >= 15 is 0 Å². The van der Waals surface area contributed by atoms with Crippen LogP contribution in [0.2, 0.25) is 0 Å². The number of thioether (sulfide) groups is 1. The van der Waals surface area contributed by atoms with Gasteiger partial charge in [0.25, 0.3) is 0 Å². The Kier molecular flexibility index (Phi) is 6.20. The van der Waals surface area contributed by atoms with Gasteiger partial charge in [-0.05, 0) is 49.4 Å². The number of nitrogens with two attached hydrogens (primary N) is 1. The first-order chi connectivity index (χ1) is 12.9. The van der Waals surface area contributed by atoms with Crippen LogP contribution in [-0.2, 0) is 16.3 Å². The molecule has 3 rings (SSSR count). The molecule has 0 fully saturated rings. The Morgan fingerprint density at radius 3 is 2.15 bits per heavy atom. The summed E-state index contributed by atoms with van der Waals surface area (Å²) < 4.78 is 13.3. The molecule has 3 aromatic carbocycles. The van der Waals surface area contributed by atoms with E-state index in [9.17, 15) is 4.21 Å². The van der Waals surface area contributed by atoms with Gasteiger partial charge in [0.05, 0.1) is 21.6 Å². The maximum Gasteiger partial charge on any atom is 0.0852 e. The Hall–Kier alpha value is -1.88. The predicted octanol–water partition coefficient (Wildman–Crippen LogP) is 5.44. The average Bonchev–Trinajstić information content (AvgIpc) is 2.69. The number of rotatable bonds is 6. The zero-order valence-electron chi connectivity index (χ0n) is 15.9. The predicted molar refractivity (Wildman–Crippen MR) is 117 cm³/mol. The topological polar surface area (TPSA) is 43.1 Å². The van der Waals surface area contributed by atoms with E-state index in [1.165, 1.54) is 0 Å². The summed E-state index contributed by atoms with van der Waals surface area (Å²) in [5.74, 6) is 0. The van der Waals surface area contributed by atoms with Crippen LogP contribution in [0, 0.1) is 6.92 Å². The highest BCUT2D eigenvalue weighted by Gasteiger charge is 2.34. The summed E-state index contributed by atoms with van der Waals surface area (Å²) in [5.41, 5.74) is 9.50. The van der Waals surface area contributed by atoms with Crippen molar-refractivity contribution in [1.29, 1.82) is 0 Å². The smallest absolute Gasteiger partial charge is 0.0852 e. The van der Waals surface area contributed by atoms with Gasteiger partial charge in [-0.2, -0.15) is 11.8 Å². The van der Waals surface area contributed by atoms with Gasteiger partial charge in [0.2, 0.25) is 0 Å². The van der Waals surface area contributed by atoms with Crippen molar-refractivity contribution in [2.45, 2.75) is 34.4 Å². The molecule has 0 amide bonds. The summed E-state index contributed by atoms with van der Waals surface area (Å²) in [4.78, 5) is 1.64. The first-order valence-electron chi connectivity index (χ1n) is 8.89. The van der Waals surface area contributed by atoms with E-state index in [-0.39, 0.29) is 5.25 Å². The summed E-state index contributed by atoms with van der Waals surface area (Å²) >= 11 is 1.69. The van der Waals surface area contributed by atoms with Gasteiger partial charge in [-0.1, -0.05) is 66.2 Å². The molecule has 3 aromatic rings. The minimum absolute atomic E-state index is 0.0227. The molecule has 2 nitrogen and oxygen atoms in total. The fourth-order valence-electron chi connectivity index (χ4n) is 3.30. The molecule has 0 radical (unpaired) electrons. The van der Waals surface area contributed by atoms with Gasteiger partial charge in [-0.3, -0.25) is 0 Å². The molecule has 0 unspecified atom stereocenters. The molecule has 0 saturated carbocycles. The Balaban J connectivity index is 2.06. The second-order valence-corrected chi connectivity index (χ2v) is 9.28. The van der Waals surface area contributed by atoms with Crippen molar-refractivity contribution >= 4 is 22.6 Å². The standard InChI is InChI=1S/C23H25NOS2/c1-17-13-15-19(16-14-17)27(25)21-12-8-7-11-20(21)22(26-3)23(2,24)18-9-5-4-6-10-18/h4-16,22H,24H2,1-3H3/t22-,23+,27+/m1/s1. The van der Waals surface area contributed by atoms with Crippen molar-refractivity contribution in [1.82, 2.24) is 0 Å². The van der Waals surface area contributed by atoms with Crippen LogP contribution in [0.15, 0.2) is 88.7 Å². The van der Waals surface area contributed by atoms with Crippen molar-refractivity contribution in [3.8, 4) is 0 Å². The zero-order valence-corrected chi connectivity index (χ0v) is 17.5. The molecule has 0 aliphatic heterocycles. The van der Waals surface area contributed by atoms with Gasteiger partial charge >= 0.3 is 0 Å². The van der Waals surface area contributed by atoms with Crippen LogP contribution < -0.4 is 5.73 Å². The van der Waals surface area contributed by atoms with Gasteiger partial charge in [0, 0.05) is 9.79 Å². The first kappa shape index (κ1) is 19.9. The van der Waals surface area contributed by atoms with Crippen LogP contribution in [0.4, 0.5) is 0 Å². The Morgan fingerprint density at radius 1 is 0.926 bits per heavy atom. The maximum atomic E-state index is 13.3. The number of hydrogen-bond donors (Lipinski definition) is 1. The molecule has 3 atom stereocenters. The van der Waals surface area contributed by atoms with E-state index in [2.05, 4.69) is 31.4 Å². The Morgan fingerprint density at radius 2 is 1.52 bits per heavy atom. The molecule has 0 spiro atoms. The van der Waals surface area contributed by atoms with Gasteiger partial charge in [-0.15, -0.1) is 0 Å². The monoisotopic (exact) mass is 395 g/mol. The van der Waals surface area contributed by atoms with Gasteiger partial charge < -0.3 is 5.73 Å². The fourth-order valence-corrected chi connectivity index (χ4v) is 5.70. The summed E-state index contributed by atoms with van der Waals surface area (Å²) in [6, 6.07) is 25.9. The second kappa shape index (κ2) is 8.42. The minimum Gasteiger partial charge on any atom is -0.320 e. The lowest BCUT2D eigenvalue weighted by atomic mass is 9.86. The second-order valence-electron chi connectivity index (χ2n) is 6.88. The van der Waals surface area contributed by atoms with Crippen LogP contribution in [0.5, 0.6) is 0 Å². The molecule has 140 valence electrons. The van der Waals surface area contributed by atoms with Crippen LogP contribution >= 0.6 is 11.8 Å². The third kappa shape index (κ3) is 4.18. The number of aryl methyl sites for hydroxylation is 1. The molecule has 0 aliphatic rings. The molecule has 0 aliphatic carbocycles. The zero-order chi connectivity index (χ0) is 19.4. The molecule has 0 aromatic heterocycles. The van der Waals surface area contributed by atoms with E-state index in [4.69, 9.17) is 5.73 Å². The minimum atomic E-state index is -1.25. The lowest BCUT2D eigenvalue weighted by Gasteiger charge is -2.35. The van der Waals surface area contributed by atoms with E-state index in [0.29, 0.717) is 0 Å². The molecule has 4 heteroatoms. The van der Waals surface area contributed by atoms with Crippen molar-refractivity contribution in [3.63, 3.8) is 0 Å². The molecule has 0 bridgehead atoms. The normalized spacial score (nSPS) is 15.7. The lowest BCUT2D eigenvalue weighted by Crippen LogP contribution is -2.38. The quantitative estimate of drug-likeness (QED) is 0.604. The van der Waals surface area contributed by atoms with E-state index in [1.54, 1.807) is 11.8 Å². The summed E-state index contributed by atoms with van der Waals surface area (Å²) in [6.45, 7) is 4.08. The third-order valence-corrected chi connectivity index (χ3v) is 7.50. The summed E-state index contributed by atoms with van der Waals surface area (Å²) in [7, 11) is -1.25. The van der Waals surface area contributed by atoms with Crippen LogP contribution in [0.25, 0.3) is 0 Å². The molecule has 27 heavy (non-hydrogen) atoms. The Bertz CT molecular complexity index is 921. The summed E-state index contributed by atoms with van der Waals surface area (Å²) in [6.07, 6.45) is 2.06. The number of hydrogen-bond acceptors (Lipinski definition) is 3. The van der Waals surface area contributed by atoms with Crippen molar-refractivity contribution < 1.29 is 4.21 Å². The fraction of sp³-hybridized carbons (Fsp3) is 0.217. The third-order valence-electron chi connectivity index (χ3n) is 4.81. The van der Waals surface area contributed by atoms with E-state index in [1.807, 2.05) is 67.6 Å². The molecule has 0 saturated heterocycles. The Labute approximate surface area is 168 Å². The molecule has 2 N–H and O–H groups in total. The van der Waals surface area contributed by atoms with Crippen LogP contribution in [0.1, 0.15) is 28.9 Å². The van der Waals surface area contributed by atoms with Crippen LogP contribution in [-0.4, -0.2) is 10.5 Å². The highest BCUT2D eigenvalue weighted by atomic mass is 32.2. The SMILES string of the molecule is CS[C@H](c1ccccc1[S@@](=O)c1ccc(C)cc1)[C@@](C)(N)c1ccccc1. The van der Waals surface area contributed by atoms with E-state index < -0.39 is 16.3 Å². The van der Waals surface area contributed by atoms with Crippen LogP contribution in [0.3, 0.4) is 0 Å². The summed E-state index contributed by atoms with van der Waals surface area (Å²) in [5, 5.41) is -0.0227. The van der Waals surface area contributed by atoms with E-state index in [0.717, 1.165) is 26.5 Å². The van der Waals surface area contributed by atoms with Crippen molar-refractivity contribution in [3.05, 3.63) is 95.6 Å². The lowest BCUT2D eigenvalue weighted by molar-refractivity contribution is 0.477. The molecular formula is C23H25NOS2. The largest absolute Gasteiger partial charge is 0.320 e. The van der Waals surface area contributed by atoms with Gasteiger partial charge in [-0.25, -0.2) is 4.21 Å². The molecular weight excluding hydrogens is 370 g/mol. The average molecular weight is 396 g/mol. The van der Waals surface area contributed by atoms with Crippen molar-refractivity contribution in [2.24, 2.45) is 5.73 Å². The van der Waals surface area contributed by atoms with Gasteiger partial charge in [0.1, 0.15) is 0 Å². The highest BCUT2D eigenvalue weighted by Crippen LogP contribution is 2.44. The number of benzene rings is 3. The molecule has 0 heterocycles. The van der Waals surface area contributed by atoms with Gasteiger partial charge in [0.15, 0.2) is 0 Å². The maximum absolute atomic E-state index is 13.3. The first-order valence-corrected chi connectivity index (χ1v) is 11.3. The van der Waals surface area contributed by atoms with Crippen molar-refractivity contribution in [2.75, 3.05) is 6.26 Å².